The van der Waals surface area contributed by atoms with Crippen LogP contribution in [0.5, 0.6) is 0 Å². The Bertz CT molecular complexity index is 1780. The van der Waals surface area contributed by atoms with Crippen LogP contribution >= 0.6 is 34.7 Å². The SMILES string of the molecule is N#Cc1c(N)nc(SCc2csc(-c3ccc(Cl)cc3)n2)c(C#N)c1-c1ccc(CCCOC(=O)CC[C@H](N)C(=O)NCCN)cc1. The molecule has 7 N–H and O–H groups in total. The number of esters is 1. The number of pyridine rings is 1. The number of hydrogen-bond donors (Lipinski definition) is 4. The number of hydrogen-bond acceptors (Lipinski definition) is 12. The molecule has 4 aromatic rings. The first-order valence-corrected chi connectivity index (χ1v) is 16.9. The lowest BCUT2D eigenvalue weighted by molar-refractivity contribution is -0.144. The number of halogens is 1. The van der Waals surface area contributed by atoms with E-state index >= 15 is 0 Å². The number of ether oxygens (including phenoxy) is 1. The van der Waals surface area contributed by atoms with E-state index in [-0.39, 0.29) is 42.3 Å². The first-order chi connectivity index (χ1) is 22.7. The molecule has 2 aromatic heterocycles. The Morgan fingerprint density at radius 2 is 1.74 bits per heavy atom. The lowest BCUT2D eigenvalue weighted by Gasteiger charge is -2.13. The van der Waals surface area contributed by atoms with Crippen molar-refractivity contribution in [2.75, 3.05) is 25.4 Å². The molecular formula is C33H33ClN8O3S2. The maximum absolute atomic E-state index is 12.1. The number of thioether (sulfide) groups is 1. The van der Waals surface area contributed by atoms with Crippen LogP contribution in [0.2, 0.25) is 5.02 Å². The van der Waals surface area contributed by atoms with Crippen molar-refractivity contribution in [2.45, 2.75) is 42.5 Å². The standard InChI is InChI=1S/C33H33ClN8O3S2/c34-23-9-7-22(8-10-23)32-41-24(18-46-32)19-47-33-26(17-37)29(25(16-36)30(39)42-33)21-5-3-20(4-6-21)2-1-15-45-28(43)12-11-27(38)31(44)40-14-13-35/h3-10,18,27H,1-2,11-15,19,35,38H2,(H2,39,42)(H,40,44)/t27-/m0/s1. The second-order valence-corrected chi connectivity index (χ2v) is 12.6. The van der Waals surface area contributed by atoms with E-state index in [1.165, 1.54) is 23.1 Å². The molecule has 11 nitrogen and oxygen atoms in total. The first kappa shape index (κ1) is 35.4. The summed E-state index contributed by atoms with van der Waals surface area (Å²) >= 11 is 8.85. The van der Waals surface area contributed by atoms with Gasteiger partial charge in [-0.2, -0.15) is 10.5 Å². The Hall–Kier alpha value is -4.50. The van der Waals surface area contributed by atoms with E-state index in [0.29, 0.717) is 52.9 Å². The van der Waals surface area contributed by atoms with Crippen molar-refractivity contribution in [3.8, 4) is 33.8 Å². The van der Waals surface area contributed by atoms with Gasteiger partial charge in [-0.05, 0) is 42.5 Å². The number of nitrogen functional groups attached to an aromatic ring is 1. The number of anilines is 1. The molecule has 0 saturated carbocycles. The van der Waals surface area contributed by atoms with Gasteiger partial charge >= 0.3 is 5.97 Å². The van der Waals surface area contributed by atoms with Gasteiger partial charge in [0, 0.05) is 46.8 Å². The maximum atomic E-state index is 12.1. The van der Waals surface area contributed by atoms with Gasteiger partial charge in [0.1, 0.15) is 33.6 Å². The minimum Gasteiger partial charge on any atom is -0.466 e. The molecule has 47 heavy (non-hydrogen) atoms. The normalized spacial score (nSPS) is 11.3. The van der Waals surface area contributed by atoms with Crippen LogP contribution < -0.4 is 22.5 Å². The van der Waals surface area contributed by atoms with Crippen molar-refractivity contribution < 1.29 is 14.3 Å². The van der Waals surface area contributed by atoms with E-state index in [2.05, 4.69) is 22.4 Å². The van der Waals surface area contributed by atoms with Gasteiger partial charge in [0.25, 0.3) is 0 Å². The molecule has 2 aromatic carbocycles. The second-order valence-electron chi connectivity index (χ2n) is 10.3. The molecule has 1 amide bonds. The Balaban J connectivity index is 1.37. The van der Waals surface area contributed by atoms with Gasteiger partial charge in [0.05, 0.1) is 23.9 Å². The van der Waals surface area contributed by atoms with Crippen molar-refractivity contribution in [1.82, 2.24) is 15.3 Å². The molecular weight excluding hydrogens is 656 g/mol. The molecule has 0 aliphatic heterocycles. The van der Waals surface area contributed by atoms with Gasteiger partial charge < -0.3 is 27.3 Å². The summed E-state index contributed by atoms with van der Waals surface area (Å²) in [6.45, 7) is 0.856. The summed E-state index contributed by atoms with van der Waals surface area (Å²) in [5, 5.41) is 26.5. The van der Waals surface area contributed by atoms with E-state index in [0.717, 1.165) is 21.8 Å². The number of nitriles is 2. The number of benzene rings is 2. The summed E-state index contributed by atoms with van der Waals surface area (Å²) in [5.41, 5.74) is 21.6. The third-order valence-electron chi connectivity index (χ3n) is 6.97. The number of thiazole rings is 1. The molecule has 4 rings (SSSR count). The van der Waals surface area contributed by atoms with Crippen LogP contribution in [0.25, 0.3) is 21.7 Å². The fourth-order valence-electron chi connectivity index (χ4n) is 4.54. The lowest BCUT2D eigenvalue weighted by Crippen LogP contribution is -2.42. The predicted molar refractivity (Wildman–Crippen MR) is 184 cm³/mol. The summed E-state index contributed by atoms with van der Waals surface area (Å²) in [6.07, 6.45) is 1.44. The van der Waals surface area contributed by atoms with Crippen LogP contribution in [-0.4, -0.2) is 47.6 Å². The predicted octanol–water partition coefficient (Wildman–Crippen LogP) is 4.80. The zero-order valence-corrected chi connectivity index (χ0v) is 27.8. The van der Waals surface area contributed by atoms with Crippen LogP contribution in [0.1, 0.15) is 41.6 Å². The first-order valence-electron chi connectivity index (χ1n) is 14.7. The second kappa shape index (κ2) is 17.4. The molecule has 242 valence electrons. The summed E-state index contributed by atoms with van der Waals surface area (Å²) in [4.78, 5) is 33.0. The van der Waals surface area contributed by atoms with Crippen molar-refractivity contribution in [1.29, 1.82) is 10.5 Å². The third kappa shape index (κ3) is 9.75. The van der Waals surface area contributed by atoms with Gasteiger partial charge in [0.15, 0.2) is 0 Å². The molecule has 0 aliphatic carbocycles. The number of aryl methyl sites for hydroxylation is 1. The molecule has 0 fully saturated rings. The maximum Gasteiger partial charge on any atom is 0.305 e. The number of amides is 1. The van der Waals surface area contributed by atoms with Crippen LogP contribution in [0.3, 0.4) is 0 Å². The molecule has 0 bridgehead atoms. The molecule has 14 heteroatoms. The Labute approximate surface area is 286 Å². The summed E-state index contributed by atoms with van der Waals surface area (Å²) < 4.78 is 5.29. The van der Waals surface area contributed by atoms with E-state index in [1.807, 2.05) is 53.9 Å². The van der Waals surface area contributed by atoms with Crippen LogP contribution in [0, 0.1) is 22.7 Å². The van der Waals surface area contributed by atoms with Gasteiger partial charge in [-0.3, -0.25) is 9.59 Å². The molecule has 0 saturated heterocycles. The summed E-state index contributed by atoms with van der Waals surface area (Å²) in [6, 6.07) is 18.5. The lowest BCUT2D eigenvalue weighted by atomic mass is 9.95. The highest BCUT2D eigenvalue weighted by Crippen LogP contribution is 2.37. The van der Waals surface area contributed by atoms with Crippen LogP contribution in [0.15, 0.2) is 58.9 Å². The van der Waals surface area contributed by atoms with E-state index < -0.39 is 12.0 Å². The number of rotatable bonds is 15. The van der Waals surface area contributed by atoms with Gasteiger partial charge in [-0.1, -0.05) is 59.8 Å². The van der Waals surface area contributed by atoms with Crippen LogP contribution in [0.4, 0.5) is 5.82 Å². The van der Waals surface area contributed by atoms with E-state index in [1.54, 1.807) is 0 Å². The smallest absolute Gasteiger partial charge is 0.305 e. The Morgan fingerprint density at radius 1 is 1.04 bits per heavy atom. The van der Waals surface area contributed by atoms with Gasteiger partial charge in [0.2, 0.25) is 5.91 Å². The largest absolute Gasteiger partial charge is 0.466 e. The highest BCUT2D eigenvalue weighted by Gasteiger charge is 2.21. The summed E-state index contributed by atoms with van der Waals surface area (Å²) in [7, 11) is 0. The zero-order valence-electron chi connectivity index (χ0n) is 25.4. The minimum atomic E-state index is -0.798. The third-order valence-corrected chi connectivity index (χ3v) is 9.17. The molecule has 0 radical (unpaired) electrons. The molecule has 0 unspecified atom stereocenters. The average molecular weight is 689 g/mol. The summed E-state index contributed by atoms with van der Waals surface area (Å²) in [5.74, 6) is -0.264. The topological polar surface area (TPSA) is 207 Å². The quantitative estimate of drug-likeness (QED) is 0.0757. The van der Waals surface area contributed by atoms with Gasteiger partial charge in [-0.15, -0.1) is 11.3 Å². The number of nitrogens with one attached hydrogen (secondary N) is 1. The zero-order chi connectivity index (χ0) is 33.8. The number of aromatic nitrogens is 2. The minimum absolute atomic E-state index is 0.0396. The number of carbonyl (C=O) groups is 2. The number of carbonyl (C=O) groups excluding carboxylic acids is 2. The fourth-order valence-corrected chi connectivity index (χ4v) is 6.48. The highest BCUT2D eigenvalue weighted by molar-refractivity contribution is 7.98. The van der Waals surface area contributed by atoms with E-state index in [9.17, 15) is 20.1 Å². The fraction of sp³-hybridized carbons (Fsp3) is 0.273. The van der Waals surface area contributed by atoms with Crippen molar-refractivity contribution in [3.05, 3.63) is 81.3 Å². The highest BCUT2D eigenvalue weighted by atomic mass is 35.5. The molecule has 0 spiro atoms. The average Bonchev–Trinajstić information content (AvgIpc) is 3.56. The van der Waals surface area contributed by atoms with E-state index in [4.69, 9.17) is 38.5 Å². The Kier molecular flexibility index (Phi) is 13.1. The molecule has 0 aliphatic rings. The monoisotopic (exact) mass is 688 g/mol. The van der Waals surface area contributed by atoms with Crippen LogP contribution in [-0.2, 0) is 26.5 Å². The molecule has 2 heterocycles. The van der Waals surface area contributed by atoms with Crippen molar-refractivity contribution >= 4 is 52.4 Å². The number of nitrogens with two attached hydrogens (primary N) is 3. The Morgan fingerprint density at radius 3 is 2.43 bits per heavy atom. The van der Waals surface area contributed by atoms with Gasteiger partial charge in [-0.25, -0.2) is 9.97 Å². The van der Waals surface area contributed by atoms with Crippen molar-refractivity contribution in [2.24, 2.45) is 11.5 Å². The molecule has 1 atom stereocenters. The number of nitrogens with zero attached hydrogens (tertiary/aromatic N) is 4. The van der Waals surface area contributed by atoms with Crippen molar-refractivity contribution in [3.63, 3.8) is 0 Å².